The molecule has 2 aromatic rings. The summed E-state index contributed by atoms with van der Waals surface area (Å²) in [6.45, 7) is 3.33. The van der Waals surface area contributed by atoms with Gasteiger partial charge in [-0.3, -0.25) is 0 Å². The second-order valence-electron chi connectivity index (χ2n) is 8.33. The molecule has 2 heterocycles. The van der Waals surface area contributed by atoms with Crippen LogP contribution in [-0.4, -0.2) is 26.6 Å². The molecule has 0 spiro atoms. The van der Waals surface area contributed by atoms with E-state index in [0.29, 0.717) is 19.0 Å². The van der Waals surface area contributed by atoms with E-state index >= 15 is 0 Å². The molecule has 9 heteroatoms. The lowest BCUT2D eigenvalue weighted by molar-refractivity contribution is 0.256. The number of nitrogens with zero attached hydrogens (tertiary/aromatic N) is 2. The smallest absolute Gasteiger partial charge is 0.331 e. The lowest BCUT2D eigenvalue weighted by Gasteiger charge is -2.19. The van der Waals surface area contributed by atoms with Crippen molar-refractivity contribution in [2.24, 2.45) is 0 Å². The van der Waals surface area contributed by atoms with Crippen molar-refractivity contribution in [3.05, 3.63) is 34.0 Å². The van der Waals surface area contributed by atoms with Crippen LogP contribution in [0.25, 0.3) is 0 Å². The van der Waals surface area contributed by atoms with Crippen LogP contribution in [0.1, 0.15) is 53.5 Å². The van der Waals surface area contributed by atoms with Crippen molar-refractivity contribution >= 4 is 21.6 Å². The Bertz CT molecular complexity index is 1100. The van der Waals surface area contributed by atoms with Crippen LogP contribution in [0.5, 0.6) is 5.88 Å². The number of urea groups is 1. The maximum Gasteiger partial charge on any atom is 0.331 e. The molecule has 3 aliphatic rings. The molecule has 1 aromatic heterocycles. The molecular formula is C21H27N5O3S. The number of ether oxygens (including phenoxy) is 1. The molecule has 0 saturated heterocycles. The SMILES string of the molecule is Cc1c2c(c(NC(=O)NS(=N)(=O)c3cnn4c3OCCCC4)c3c1CCC3)CCC2. The zero-order chi connectivity index (χ0) is 20.9. The molecule has 1 atom stereocenters. The molecule has 3 N–H and O–H groups in total. The molecule has 1 aliphatic heterocycles. The van der Waals surface area contributed by atoms with Gasteiger partial charge in [-0.1, -0.05) is 0 Å². The Morgan fingerprint density at radius 2 is 1.77 bits per heavy atom. The van der Waals surface area contributed by atoms with Crippen molar-refractivity contribution in [1.82, 2.24) is 14.5 Å². The van der Waals surface area contributed by atoms with Gasteiger partial charge in [0.05, 0.1) is 12.8 Å². The fourth-order valence-corrected chi connectivity index (χ4v) is 6.13. The summed E-state index contributed by atoms with van der Waals surface area (Å²) in [6, 6.07) is -0.615. The number of amides is 2. The van der Waals surface area contributed by atoms with Crippen molar-refractivity contribution in [3.8, 4) is 5.88 Å². The van der Waals surface area contributed by atoms with E-state index in [0.717, 1.165) is 57.1 Å². The number of carbonyl (C=O) groups excluding carboxylic acids is 1. The van der Waals surface area contributed by atoms with Gasteiger partial charge in [-0.2, -0.15) is 5.10 Å². The third kappa shape index (κ3) is 3.15. The van der Waals surface area contributed by atoms with Gasteiger partial charge in [0.25, 0.3) is 0 Å². The third-order valence-electron chi connectivity index (χ3n) is 6.49. The minimum absolute atomic E-state index is 0.124. The van der Waals surface area contributed by atoms with Crippen LogP contribution in [0.2, 0.25) is 0 Å². The number of fused-ring (bicyclic) bond motifs is 3. The maximum atomic E-state index is 13.1. The number of carbonyl (C=O) groups is 1. The van der Waals surface area contributed by atoms with Crippen molar-refractivity contribution in [2.75, 3.05) is 11.9 Å². The van der Waals surface area contributed by atoms with Gasteiger partial charge < -0.3 is 10.1 Å². The van der Waals surface area contributed by atoms with Crippen LogP contribution in [0.3, 0.4) is 0 Å². The Labute approximate surface area is 176 Å². The molecular weight excluding hydrogens is 402 g/mol. The summed E-state index contributed by atoms with van der Waals surface area (Å²) >= 11 is 0. The first kappa shape index (κ1) is 19.4. The number of anilines is 1. The van der Waals surface area contributed by atoms with Crippen LogP contribution in [0, 0.1) is 11.7 Å². The second-order valence-corrected chi connectivity index (χ2v) is 10.1. The molecule has 0 bridgehead atoms. The molecule has 30 heavy (non-hydrogen) atoms. The average Bonchev–Trinajstić information content (AvgIpc) is 3.42. The highest BCUT2D eigenvalue weighted by Crippen LogP contribution is 2.41. The van der Waals surface area contributed by atoms with E-state index < -0.39 is 15.9 Å². The van der Waals surface area contributed by atoms with E-state index in [1.165, 1.54) is 34.0 Å². The monoisotopic (exact) mass is 429 g/mol. The lowest BCUT2D eigenvalue weighted by Crippen LogP contribution is -2.34. The number of aryl methyl sites for hydroxylation is 1. The van der Waals surface area contributed by atoms with E-state index in [1.807, 2.05) is 0 Å². The third-order valence-corrected chi connectivity index (χ3v) is 7.86. The van der Waals surface area contributed by atoms with Crippen molar-refractivity contribution in [2.45, 2.75) is 69.7 Å². The molecule has 0 fully saturated rings. The van der Waals surface area contributed by atoms with Crippen LogP contribution >= 0.6 is 0 Å². The molecule has 0 saturated carbocycles. The largest absolute Gasteiger partial charge is 0.477 e. The van der Waals surface area contributed by atoms with Gasteiger partial charge in [0.2, 0.25) is 5.88 Å². The van der Waals surface area contributed by atoms with Gasteiger partial charge in [0.1, 0.15) is 4.90 Å². The highest BCUT2D eigenvalue weighted by Gasteiger charge is 2.29. The molecule has 0 radical (unpaired) electrons. The second kappa shape index (κ2) is 7.30. The maximum absolute atomic E-state index is 13.1. The zero-order valence-electron chi connectivity index (χ0n) is 17.2. The normalized spacial score (nSPS) is 19.1. The zero-order valence-corrected chi connectivity index (χ0v) is 18.0. The topological polar surface area (TPSA) is 109 Å². The Morgan fingerprint density at radius 1 is 1.10 bits per heavy atom. The number of hydrogen-bond acceptors (Lipinski definition) is 5. The number of hydrogen-bond donors (Lipinski definition) is 3. The Morgan fingerprint density at radius 3 is 2.47 bits per heavy atom. The first-order valence-electron chi connectivity index (χ1n) is 10.7. The molecule has 1 aromatic carbocycles. The number of nitrogens with one attached hydrogen (secondary N) is 3. The summed E-state index contributed by atoms with van der Waals surface area (Å²) in [7, 11) is -3.60. The van der Waals surface area contributed by atoms with Gasteiger partial charge in [0, 0.05) is 12.2 Å². The lowest BCUT2D eigenvalue weighted by atomic mass is 9.93. The van der Waals surface area contributed by atoms with Gasteiger partial charge in [-0.05, 0) is 86.1 Å². The molecule has 2 aliphatic carbocycles. The van der Waals surface area contributed by atoms with Crippen molar-refractivity contribution < 1.29 is 13.7 Å². The average molecular weight is 430 g/mol. The quantitative estimate of drug-likeness (QED) is 0.694. The Kier molecular flexibility index (Phi) is 4.72. The number of rotatable bonds is 3. The first-order valence-corrected chi connectivity index (χ1v) is 12.2. The van der Waals surface area contributed by atoms with Gasteiger partial charge in [-0.15, -0.1) is 0 Å². The number of benzene rings is 1. The summed E-state index contributed by atoms with van der Waals surface area (Å²) < 4.78 is 31.1. The van der Waals surface area contributed by atoms with E-state index in [4.69, 9.17) is 9.52 Å². The standard InChI is InChI=1S/C21H27N5O3S/c1-13-14-6-4-8-16(14)19(17-9-5-7-15(13)17)24-21(27)25-30(22,28)18-12-23-26-10-2-3-11-29-20(18)26/h12H,2-11H2,1H3,(H3,22,24,25,27,28). The van der Waals surface area contributed by atoms with Crippen molar-refractivity contribution in [3.63, 3.8) is 0 Å². The van der Waals surface area contributed by atoms with Crippen LogP contribution in [-0.2, 0) is 42.1 Å². The summed E-state index contributed by atoms with van der Waals surface area (Å²) in [5, 5.41) is 7.16. The predicted octanol–water partition coefficient (Wildman–Crippen LogP) is 3.48. The summed E-state index contributed by atoms with van der Waals surface area (Å²) in [6.07, 6.45) is 9.30. The van der Waals surface area contributed by atoms with E-state index in [9.17, 15) is 9.00 Å². The molecule has 160 valence electrons. The Balaban J connectivity index is 1.42. The van der Waals surface area contributed by atoms with Gasteiger partial charge >= 0.3 is 6.03 Å². The summed E-state index contributed by atoms with van der Waals surface area (Å²) in [5.74, 6) is 0.324. The minimum atomic E-state index is -3.60. The molecule has 8 nitrogen and oxygen atoms in total. The highest BCUT2D eigenvalue weighted by molar-refractivity contribution is 7.91. The predicted molar refractivity (Wildman–Crippen MR) is 113 cm³/mol. The highest BCUT2D eigenvalue weighted by atomic mass is 32.2. The number of aromatic nitrogens is 2. The van der Waals surface area contributed by atoms with E-state index in [1.54, 1.807) is 4.68 Å². The van der Waals surface area contributed by atoms with E-state index in [2.05, 4.69) is 22.1 Å². The Hall–Kier alpha value is -2.55. The summed E-state index contributed by atoms with van der Waals surface area (Å²) in [4.78, 5) is 13.0. The van der Waals surface area contributed by atoms with Crippen molar-refractivity contribution in [1.29, 1.82) is 4.78 Å². The molecule has 1 unspecified atom stereocenters. The fourth-order valence-electron chi connectivity index (χ4n) is 5.10. The van der Waals surface area contributed by atoms with Crippen LogP contribution in [0.15, 0.2) is 11.1 Å². The minimum Gasteiger partial charge on any atom is -0.477 e. The fraction of sp³-hybridized carbons (Fsp3) is 0.524. The van der Waals surface area contributed by atoms with E-state index in [-0.39, 0.29) is 4.90 Å². The molecule has 2 amide bonds. The van der Waals surface area contributed by atoms with Crippen LogP contribution < -0.4 is 14.8 Å². The summed E-state index contributed by atoms with van der Waals surface area (Å²) in [5.41, 5.74) is 7.38. The first-order chi connectivity index (χ1) is 14.5. The van der Waals surface area contributed by atoms with Crippen LogP contribution in [0.4, 0.5) is 10.5 Å². The molecule has 5 rings (SSSR count). The van der Waals surface area contributed by atoms with Gasteiger partial charge in [0.15, 0.2) is 9.92 Å². The van der Waals surface area contributed by atoms with Gasteiger partial charge in [-0.25, -0.2) is 23.2 Å².